The molecule has 0 amide bonds. The number of thiazole rings is 1. The van der Waals surface area contributed by atoms with Crippen LogP contribution in [0.1, 0.15) is 41.3 Å². The number of nitrogens with zero attached hydrogens (tertiary/aromatic N) is 2. The first kappa shape index (κ1) is 23.3. The number of fused-ring (bicyclic) bond motifs is 1. The van der Waals surface area contributed by atoms with Crippen LogP contribution < -0.4 is 14.2 Å². The first-order valence-corrected chi connectivity index (χ1v) is 11.5. The molecular formula is C23H23ClN2O6S. The quantitative estimate of drug-likeness (QED) is 0.614. The number of halogens is 1. The molecule has 0 fully saturated rings. The molecule has 0 unspecified atom stereocenters. The summed E-state index contributed by atoms with van der Waals surface area (Å²) in [6.07, 6.45) is -0.0150. The molecule has 0 bridgehead atoms. The van der Waals surface area contributed by atoms with E-state index in [1.54, 1.807) is 13.8 Å². The summed E-state index contributed by atoms with van der Waals surface area (Å²) in [6, 6.07) is 1.49. The van der Waals surface area contributed by atoms with Crippen LogP contribution >= 0.6 is 22.9 Å². The number of Topliss-reactive ketones (excluding diaryl/α,β-unsaturated/α-hetero) is 2. The average molecular weight is 491 g/mol. The minimum Gasteiger partial charge on any atom is -0.507 e. The zero-order valence-corrected chi connectivity index (χ0v) is 20.4. The Morgan fingerprint density at radius 1 is 1.36 bits per heavy atom. The number of benzene rings is 1. The Balaban J connectivity index is 1.84. The number of ketones is 2. The van der Waals surface area contributed by atoms with Crippen molar-refractivity contribution in [3.05, 3.63) is 44.1 Å². The lowest BCUT2D eigenvalue weighted by Gasteiger charge is -2.37. The van der Waals surface area contributed by atoms with E-state index >= 15 is 0 Å². The zero-order chi connectivity index (χ0) is 24.1. The number of aliphatic imine (C=N–C) groups is 1. The van der Waals surface area contributed by atoms with Crippen molar-refractivity contribution in [3.8, 4) is 17.2 Å². The molecule has 4 rings (SSSR count). The third-order valence-corrected chi connectivity index (χ3v) is 7.16. The van der Waals surface area contributed by atoms with E-state index in [2.05, 4.69) is 9.98 Å². The van der Waals surface area contributed by atoms with Gasteiger partial charge < -0.3 is 19.3 Å². The van der Waals surface area contributed by atoms with Crippen LogP contribution in [0.5, 0.6) is 17.2 Å². The van der Waals surface area contributed by atoms with Gasteiger partial charge in [0.15, 0.2) is 17.3 Å². The third kappa shape index (κ3) is 3.50. The van der Waals surface area contributed by atoms with Crippen molar-refractivity contribution in [1.29, 1.82) is 0 Å². The zero-order valence-electron chi connectivity index (χ0n) is 18.8. The van der Waals surface area contributed by atoms with E-state index in [0.29, 0.717) is 5.71 Å². The predicted molar refractivity (Wildman–Crippen MR) is 124 cm³/mol. The Morgan fingerprint density at radius 3 is 2.67 bits per heavy atom. The summed E-state index contributed by atoms with van der Waals surface area (Å²) in [5, 5.41) is 14.2. The summed E-state index contributed by atoms with van der Waals surface area (Å²) < 4.78 is 16.8. The van der Waals surface area contributed by atoms with Gasteiger partial charge in [-0.1, -0.05) is 18.5 Å². The van der Waals surface area contributed by atoms with Crippen LogP contribution in [0.25, 0.3) is 0 Å². The summed E-state index contributed by atoms with van der Waals surface area (Å²) in [4.78, 5) is 35.5. The molecule has 2 aromatic rings. The number of rotatable bonds is 5. The van der Waals surface area contributed by atoms with Gasteiger partial charge in [0.05, 0.1) is 37.0 Å². The molecule has 1 spiro atoms. The van der Waals surface area contributed by atoms with Crippen LogP contribution in [0, 0.1) is 12.8 Å². The number of aliphatic hydroxyl groups is 1. The van der Waals surface area contributed by atoms with Gasteiger partial charge in [-0.15, -0.1) is 11.3 Å². The molecule has 2 atom stereocenters. The van der Waals surface area contributed by atoms with E-state index < -0.39 is 23.1 Å². The molecule has 33 heavy (non-hydrogen) atoms. The second kappa shape index (κ2) is 8.46. The molecular weight excluding hydrogens is 468 g/mol. The first-order chi connectivity index (χ1) is 15.6. The number of ether oxygens (including phenoxy) is 3. The monoisotopic (exact) mass is 490 g/mol. The maximum Gasteiger partial charge on any atom is 0.231 e. The van der Waals surface area contributed by atoms with E-state index in [1.807, 2.05) is 12.3 Å². The number of hydrogen-bond donors (Lipinski definition) is 1. The van der Waals surface area contributed by atoms with E-state index in [9.17, 15) is 14.7 Å². The van der Waals surface area contributed by atoms with E-state index in [4.69, 9.17) is 25.8 Å². The summed E-state index contributed by atoms with van der Waals surface area (Å²) in [7, 11) is 2.84. The molecule has 1 aliphatic heterocycles. The molecule has 8 nitrogen and oxygen atoms in total. The summed E-state index contributed by atoms with van der Waals surface area (Å²) >= 11 is 7.94. The van der Waals surface area contributed by atoms with Gasteiger partial charge in [0.25, 0.3) is 0 Å². The molecule has 1 N–H and O–H groups in total. The van der Waals surface area contributed by atoms with Gasteiger partial charge in [0.2, 0.25) is 11.4 Å². The number of aromatic nitrogens is 1. The Labute approximate surface area is 199 Å². The largest absolute Gasteiger partial charge is 0.507 e. The number of carbonyl (C=O) groups excluding carboxylic acids is 2. The maximum absolute atomic E-state index is 13.7. The maximum atomic E-state index is 13.7. The van der Waals surface area contributed by atoms with E-state index in [-0.39, 0.29) is 52.2 Å². The van der Waals surface area contributed by atoms with Crippen LogP contribution in [0.2, 0.25) is 5.02 Å². The van der Waals surface area contributed by atoms with E-state index in [1.165, 1.54) is 31.6 Å². The minimum atomic E-state index is -1.82. The van der Waals surface area contributed by atoms with Gasteiger partial charge in [0.1, 0.15) is 22.1 Å². The Morgan fingerprint density at radius 2 is 2.06 bits per heavy atom. The summed E-state index contributed by atoms with van der Waals surface area (Å²) in [5.74, 6) is -1.46. The van der Waals surface area contributed by atoms with Crippen LogP contribution in [-0.2, 0) is 11.3 Å². The molecule has 1 aromatic heterocycles. The SMILES string of the molecule is COc1cc(OC)c2c(c1Cl)O[C@]1(C2=O)C(O)=C(C(C)=NCc2csc(C)n2)C(=O)C[C@H]1C. The van der Waals surface area contributed by atoms with Crippen LogP contribution in [-0.4, -0.2) is 47.2 Å². The second-order valence-electron chi connectivity index (χ2n) is 7.98. The molecule has 10 heteroatoms. The summed E-state index contributed by atoms with van der Waals surface area (Å²) in [6.45, 7) is 5.44. The Bertz CT molecular complexity index is 1230. The lowest BCUT2D eigenvalue weighted by Crippen LogP contribution is -2.53. The molecule has 0 saturated carbocycles. The highest BCUT2D eigenvalue weighted by atomic mass is 35.5. The molecule has 1 aromatic carbocycles. The van der Waals surface area contributed by atoms with Gasteiger partial charge in [0, 0.05) is 29.5 Å². The van der Waals surface area contributed by atoms with Gasteiger partial charge in [-0.05, 0) is 13.8 Å². The Kier molecular flexibility index (Phi) is 5.96. The highest BCUT2D eigenvalue weighted by Crippen LogP contribution is 2.54. The highest BCUT2D eigenvalue weighted by Gasteiger charge is 2.61. The predicted octanol–water partition coefficient (Wildman–Crippen LogP) is 4.52. The van der Waals surface area contributed by atoms with Crippen molar-refractivity contribution in [2.24, 2.45) is 10.9 Å². The number of hydrogen-bond acceptors (Lipinski definition) is 9. The number of aliphatic hydroxyl groups excluding tert-OH is 1. The van der Waals surface area contributed by atoms with E-state index in [0.717, 1.165) is 10.7 Å². The van der Waals surface area contributed by atoms with Gasteiger partial charge in [-0.2, -0.15) is 0 Å². The number of allylic oxidation sites excluding steroid dienone is 1. The number of methoxy groups -OCH3 is 2. The average Bonchev–Trinajstić information content (AvgIpc) is 3.33. The van der Waals surface area contributed by atoms with Crippen LogP contribution in [0.15, 0.2) is 27.8 Å². The van der Waals surface area contributed by atoms with Gasteiger partial charge in [-0.25, -0.2) is 4.98 Å². The minimum absolute atomic E-state index is 0.0150. The number of carbonyl (C=O) groups is 2. The fraction of sp³-hybridized carbons (Fsp3) is 0.391. The normalized spacial score (nSPS) is 22.6. The lowest BCUT2D eigenvalue weighted by molar-refractivity contribution is -0.118. The Hall–Kier alpha value is -2.91. The van der Waals surface area contributed by atoms with Crippen LogP contribution in [0.3, 0.4) is 0 Å². The highest BCUT2D eigenvalue weighted by molar-refractivity contribution is 7.09. The standard InChI is InChI=1S/C23H23ClN2O6S/c1-10-6-14(27)17(11(2)25-8-13-9-33-12(3)26-13)21(28)23(10)22(29)18-15(30-4)7-16(31-5)19(24)20(18)32-23/h7,9-10,28H,6,8H2,1-5H3/t10-,23+/m1/s1. The van der Waals surface area contributed by atoms with Gasteiger partial charge >= 0.3 is 0 Å². The lowest BCUT2D eigenvalue weighted by atomic mass is 9.72. The molecule has 2 heterocycles. The third-order valence-electron chi connectivity index (χ3n) is 5.98. The topological polar surface area (TPSA) is 107 Å². The van der Waals surface area contributed by atoms with Crippen LogP contribution in [0.4, 0.5) is 0 Å². The van der Waals surface area contributed by atoms with Crippen molar-refractivity contribution < 1.29 is 28.9 Å². The smallest absolute Gasteiger partial charge is 0.231 e. The second-order valence-corrected chi connectivity index (χ2v) is 9.42. The fourth-order valence-corrected chi connectivity index (χ4v) is 5.16. The molecule has 1 aliphatic carbocycles. The van der Waals surface area contributed by atoms with Crippen molar-refractivity contribution in [1.82, 2.24) is 4.98 Å². The van der Waals surface area contributed by atoms with Gasteiger partial charge in [-0.3, -0.25) is 14.6 Å². The molecule has 0 radical (unpaired) electrons. The summed E-state index contributed by atoms with van der Waals surface area (Å²) in [5.41, 5.74) is -0.681. The molecule has 2 aliphatic rings. The first-order valence-electron chi connectivity index (χ1n) is 10.2. The number of aryl methyl sites for hydroxylation is 1. The molecule has 0 saturated heterocycles. The van der Waals surface area contributed by atoms with Crippen molar-refractivity contribution in [2.45, 2.75) is 39.3 Å². The van der Waals surface area contributed by atoms with Crippen molar-refractivity contribution in [3.63, 3.8) is 0 Å². The van der Waals surface area contributed by atoms with Crippen molar-refractivity contribution >= 4 is 40.2 Å². The molecule has 174 valence electrons. The fourth-order valence-electron chi connectivity index (χ4n) is 4.29. The van der Waals surface area contributed by atoms with Crippen molar-refractivity contribution in [2.75, 3.05) is 14.2 Å².